The minimum atomic E-state index is 0.295. The largest absolute Gasteiger partial charge is 0.377 e. The molecule has 0 aromatic heterocycles. The lowest BCUT2D eigenvalue weighted by Gasteiger charge is -2.09. The number of hydrogen-bond acceptors (Lipinski definition) is 16. The fourth-order valence-corrected chi connectivity index (χ4v) is 3.51. The molecule has 0 aromatic rings. The number of hydrogen-bond donors (Lipinski definition) is 0. The zero-order chi connectivity index (χ0) is 33.7. The van der Waals surface area contributed by atoms with Crippen molar-refractivity contribution in [2.45, 2.75) is 12.2 Å². The smallest absolute Gasteiger partial charge is 0.104 e. The highest BCUT2D eigenvalue weighted by Crippen LogP contribution is 2.08. The van der Waals surface area contributed by atoms with E-state index in [4.69, 9.17) is 75.8 Å². The van der Waals surface area contributed by atoms with Gasteiger partial charge in [0.1, 0.15) is 12.2 Å². The van der Waals surface area contributed by atoms with Crippen LogP contribution in [0.5, 0.6) is 0 Å². The molecule has 0 spiro atoms. The van der Waals surface area contributed by atoms with E-state index in [9.17, 15) is 0 Å². The van der Waals surface area contributed by atoms with Crippen molar-refractivity contribution in [2.75, 3.05) is 198 Å². The average molecular weight is 703 g/mol. The highest BCUT2D eigenvalue weighted by atomic mass is 16.6. The van der Waals surface area contributed by atoms with Gasteiger partial charge in [0.05, 0.1) is 198 Å². The van der Waals surface area contributed by atoms with Crippen molar-refractivity contribution in [1.82, 2.24) is 0 Å². The van der Waals surface area contributed by atoms with E-state index in [0.29, 0.717) is 197 Å². The predicted octanol–water partition coefficient (Wildman–Crippen LogP) is 0.0164. The highest BCUT2D eigenvalue weighted by Gasteiger charge is 2.22. The summed E-state index contributed by atoms with van der Waals surface area (Å²) in [5.74, 6) is 0. The van der Waals surface area contributed by atoms with E-state index >= 15 is 0 Å². The van der Waals surface area contributed by atoms with Gasteiger partial charge in [0, 0.05) is 0 Å². The van der Waals surface area contributed by atoms with Crippen molar-refractivity contribution in [3.05, 3.63) is 0 Å². The van der Waals surface area contributed by atoms with Crippen molar-refractivity contribution in [1.29, 1.82) is 0 Å². The molecular weight excluding hydrogens is 640 g/mol. The van der Waals surface area contributed by atoms with Gasteiger partial charge in [0.2, 0.25) is 0 Å². The Kier molecular flexibility index (Phi) is 32.8. The Hall–Kier alpha value is -0.640. The third-order valence-electron chi connectivity index (χ3n) is 6.25. The lowest BCUT2D eigenvalue weighted by atomic mass is 10.5. The summed E-state index contributed by atoms with van der Waals surface area (Å²) in [6, 6.07) is 0. The van der Waals surface area contributed by atoms with Gasteiger partial charge >= 0.3 is 0 Å². The monoisotopic (exact) mass is 702 g/mol. The molecule has 0 aliphatic carbocycles. The van der Waals surface area contributed by atoms with Crippen LogP contribution in [0.2, 0.25) is 0 Å². The van der Waals surface area contributed by atoms with E-state index < -0.39 is 0 Å². The normalized spacial score (nSPS) is 17.0. The maximum Gasteiger partial charge on any atom is 0.104 e. The summed E-state index contributed by atoms with van der Waals surface area (Å²) in [6.07, 6.45) is 0.590. The van der Waals surface area contributed by atoms with Gasteiger partial charge in [-0.2, -0.15) is 0 Å². The van der Waals surface area contributed by atoms with E-state index in [1.165, 1.54) is 0 Å². The van der Waals surface area contributed by atoms with Crippen molar-refractivity contribution in [3.63, 3.8) is 0 Å². The molecule has 16 heteroatoms. The molecule has 48 heavy (non-hydrogen) atoms. The molecule has 2 saturated heterocycles. The zero-order valence-corrected chi connectivity index (χ0v) is 28.9. The lowest BCUT2D eigenvalue weighted by Crippen LogP contribution is -2.15. The second-order valence-electron chi connectivity index (χ2n) is 10.4. The Labute approximate surface area is 286 Å². The van der Waals surface area contributed by atoms with Crippen LogP contribution in [0.4, 0.5) is 0 Å². The van der Waals surface area contributed by atoms with Crippen LogP contribution in [0.25, 0.3) is 0 Å². The zero-order valence-electron chi connectivity index (χ0n) is 28.9. The highest BCUT2D eigenvalue weighted by molar-refractivity contribution is 4.67. The van der Waals surface area contributed by atoms with Gasteiger partial charge in [-0.3, -0.25) is 0 Å². The minimum absolute atomic E-state index is 0.295. The second kappa shape index (κ2) is 36.2. The second-order valence-corrected chi connectivity index (χ2v) is 10.4. The summed E-state index contributed by atoms with van der Waals surface area (Å²) in [5, 5.41) is 0. The Balaban J connectivity index is 1.09. The van der Waals surface area contributed by atoms with Crippen molar-refractivity contribution in [2.24, 2.45) is 0 Å². The molecule has 0 N–H and O–H groups in total. The molecule has 0 amide bonds. The third-order valence-corrected chi connectivity index (χ3v) is 6.25. The molecule has 2 rings (SSSR count). The maximum absolute atomic E-state index is 5.49. The van der Waals surface area contributed by atoms with Crippen LogP contribution >= 0.6 is 0 Å². The predicted molar refractivity (Wildman–Crippen MR) is 171 cm³/mol. The summed E-state index contributed by atoms with van der Waals surface area (Å²) in [7, 11) is 0. The van der Waals surface area contributed by atoms with Gasteiger partial charge in [-0.05, 0) is 0 Å². The fourth-order valence-electron chi connectivity index (χ4n) is 3.51. The first-order valence-electron chi connectivity index (χ1n) is 17.3. The first-order chi connectivity index (χ1) is 23.9. The molecule has 16 nitrogen and oxygen atoms in total. The topological polar surface area (TPSA) is 154 Å². The van der Waals surface area contributed by atoms with Gasteiger partial charge in [0.25, 0.3) is 0 Å². The van der Waals surface area contributed by atoms with Crippen LogP contribution in [0.15, 0.2) is 0 Å². The Morgan fingerprint density at radius 1 is 0.229 bits per heavy atom. The molecule has 286 valence electrons. The van der Waals surface area contributed by atoms with Gasteiger partial charge in [0.15, 0.2) is 0 Å². The summed E-state index contributed by atoms with van der Waals surface area (Å²) >= 11 is 0. The van der Waals surface area contributed by atoms with E-state index in [-0.39, 0.29) is 0 Å². The molecule has 0 saturated carbocycles. The molecule has 2 heterocycles. The fraction of sp³-hybridized carbons (Fsp3) is 1.00. The lowest BCUT2D eigenvalue weighted by molar-refractivity contribution is -0.0297. The van der Waals surface area contributed by atoms with Crippen LogP contribution in [0.3, 0.4) is 0 Å². The van der Waals surface area contributed by atoms with E-state index in [0.717, 1.165) is 13.2 Å². The molecule has 2 fully saturated rings. The summed E-state index contributed by atoms with van der Waals surface area (Å²) in [5.41, 5.74) is 0. The molecule has 2 unspecified atom stereocenters. The molecule has 2 aliphatic rings. The standard InChI is InChI=1S/C32H62O16/c1(33-3-5-35-7-9-37-11-13-39-15-17-41-19-21-43-23-25-45-27-31-29-47-31)2-34-4-6-36-8-10-38-12-14-40-16-18-42-20-22-44-24-26-46-28-32-30-48-32/h31-32H,1-30H2. The third kappa shape index (κ3) is 35.2. The van der Waals surface area contributed by atoms with Crippen molar-refractivity contribution >= 4 is 0 Å². The van der Waals surface area contributed by atoms with Gasteiger partial charge in [-0.1, -0.05) is 0 Å². The molecule has 0 aromatic carbocycles. The van der Waals surface area contributed by atoms with Gasteiger partial charge < -0.3 is 75.8 Å². The average Bonchev–Trinajstić information content (AvgIpc) is 4.04. The van der Waals surface area contributed by atoms with Gasteiger partial charge in [-0.15, -0.1) is 0 Å². The first-order valence-corrected chi connectivity index (χ1v) is 17.3. The summed E-state index contributed by atoms with van der Waals surface area (Å²) in [4.78, 5) is 0. The van der Waals surface area contributed by atoms with Crippen LogP contribution < -0.4 is 0 Å². The summed E-state index contributed by atoms with van der Waals surface area (Å²) < 4.78 is 86.4. The number of epoxide rings is 2. The van der Waals surface area contributed by atoms with Crippen LogP contribution in [0.1, 0.15) is 0 Å². The van der Waals surface area contributed by atoms with E-state index in [1.54, 1.807) is 0 Å². The van der Waals surface area contributed by atoms with Gasteiger partial charge in [-0.25, -0.2) is 0 Å². The number of rotatable bonds is 43. The molecule has 0 bridgehead atoms. The maximum atomic E-state index is 5.49. The van der Waals surface area contributed by atoms with Crippen LogP contribution in [0, 0.1) is 0 Å². The quantitative estimate of drug-likeness (QED) is 0.0619. The van der Waals surface area contributed by atoms with Crippen molar-refractivity contribution in [3.8, 4) is 0 Å². The van der Waals surface area contributed by atoms with Crippen LogP contribution in [-0.4, -0.2) is 210 Å². The Bertz CT molecular complexity index is 577. The van der Waals surface area contributed by atoms with Crippen molar-refractivity contribution < 1.29 is 75.8 Å². The van der Waals surface area contributed by atoms with Crippen LogP contribution in [-0.2, 0) is 75.8 Å². The van der Waals surface area contributed by atoms with E-state index in [1.807, 2.05) is 0 Å². The molecular formula is C32H62O16. The Morgan fingerprint density at radius 2 is 0.354 bits per heavy atom. The molecule has 2 atom stereocenters. The minimum Gasteiger partial charge on any atom is -0.377 e. The Morgan fingerprint density at radius 3 is 0.479 bits per heavy atom. The van der Waals surface area contributed by atoms with E-state index in [2.05, 4.69) is 0 Å². The SMILES string of the molecule is C(COCCOCCOCCOCCOCCOCCOCC1CO1)OCCOCCOCCOCCOCCOCCOCC1CO1. The summed E-state index contributed by atoms with van der Waals surface area (Å²) in [6.45, 7) is 16.6. The molecule has 0 radical (unpaired) electrons. The first kappa shape index (κ1) is 43.5. The number of ether oxygens (including phenoxy) is 16. The molecule has 2 aliphatic heterocycles.